The predicted octanol–water partition coefficient (Wildman–Crippen LogP) is 15.2. The lowest BCUT2D eigenvalue weighted by molar-refractivity contribution is 1.13. The number of hydrogen-bond donors (Lipinski definition) is 0. The van der Waals surface area contributed by atoms with Crippen LogP contribution in [-0.2, 0) is 0 Å². The summed E-state index contributed by atoms with van der Waals surface area (Å²) in [5, 5.41) is 7.04. The molecule has 6 heteroatoms. The number of pyridine rings is 2. The molecule has 13 rings (SSSR count). The van der Waals surface area contributed by atoms with Crippen LogP contribution in [0, 0.1) is 6.92 Å². The maximum absolute atomic E-state index is 4.55. The smallest absolute Gasteiger partial charge is 0.0571 e. The summed E-state index contributed by atoms with van der Waals surface area (Å²) in [6, 6.07) is 72.4. The Balaban J connectivity index is 1.00. The second kappa shape index (κ2) is 14.7. The molecule has 0 fully saturated rings. The number of anilines is 3. The van der Waals surface area contributed by atoms with Gasteiger partial charge >= 0.3 is 0 Å². The minimum absolute atomic E-state index is 1.08. The zero-order chi connectivity index (χ0) is 43.0. The molecule has 0 N–H and O–H groups in total. The van der Waals surface area contributed by atoms with Gasteiger partial charge in [0.1, 0.15) is 0 Å². The van der Waals surface area contributed by atoms with Crippen molar-refractivity contribution in [3.8, 4) is 28.2 Å². The number of hydrogen-bond acceptors (Lipinski definition) is 3. The van der Waals surface area contributed by atoms with Crippen molar-refractivity contribution in [1.29, 1.82) is 0 Å². The molecule has 306 valence electrons. The van der Waals surface area contributed by atoms with Gasteiger partial charge in [-0.1, -0.05) is 97.1 Å². The molecule has 0 atom stereocenters. The lowest BCUT2D eigenvalue weighted by Gasteiger charge is -2.25. The van der Waals surface area contributed by atoms with Crippen molar-refractivity contribution < 1.29 is 0 Å². The van der Waals surface area contributed by atoms with Gasteiger partial charge in [-0.2, -0.15) is 0 Å². The van der Waals surface area contributed by atoms with Crippen molar-refractivity contribution in [3.05, 3.63) is 231 Å². The molecule has 5 aromatic heterocycles. The van der Waals surface area contributed by atoms with Gasteiger partial charge in [-0.3, -0.25) is 9.97 Å². The highest BCUT2D eigenvalue weighted by Gasteiger charge is 2.21. The third-order valence-corrected chi connectivity index (χ3v) is 13.1. The van der Waals surface area contributed by atoms with Gasteiger partial charge in [0.05, 0.1) is 33.1 Å². The van der Waals surface area contributed by atoms with Crippen molar-refractivity contribution in [2.24, 2.45) is 0 Å². The fourth-order valence-electron chi connectivity index (χ4n) is 10.3. The molecule has 0 saturated carbocycles. The van der Waals surface area contributed by atoms with Crippen LogP contribution in [0.25, 0.3) is 93.6 Å². The molecule has 0 saturated heterocycles. The Morgan fingerprint density at radius 3 is 1.37 bits per heavy atom. The average Bonchev–Trinajstić information content (AvgIpc) is 4.00. The SMILES string of the molecule is Cc1cc(-c2cc(-n3c4ccccc4c4cnccc43)cc(-n3c4ccccc4c4cnccc43)c2)ccc1-n1c2ccccc2c2cc(N(c3ccccc3)c3ccccc3)ccc21. The van der Waals surface area contributed by atoms with Crippen molar-refractivity contribution in [2.75, 3.05) is 4.90 Å². The second-order valence-electron chi connectivity index (χ2n) is 16.8. The van der Waals surface area contributed by atoms with E-state index in [4.69, 9.17) is 0 Å². The first kappa shape index (κ1) is 36.9. The summed E-state index contributed by atoms with van der Waals surface area (Å²) in [7, 11) is 0. The van der Waals surface area contributed by atoms with Crippen LogP contribution in [0.2, 0.25) is 0 Å². The largest absolute Gasteiger partial charge is 0.310 e. The maximum atomic E-state index is 4.55. The summed E-state index contributed by atoms with van der Waals surface area (Å²) in [5.41, 5.74) is 17.0. The average molecular weight is 833 g/mol. The molecule has 0 aliphatic rings. The Morgan fingerprint density at radius 2 is 0.815 bits per heavy atom. The van der Waals surface area contributed by atoms with E-state index in [0.717, 1.165) is 83.6 Å². The van der Waals surface area contributed by atoms with Gasteiger partial charge in [-0.05, 0) is 127 Å². The van der Waals surface area contributed by atoms with Gasteiger partial charge in [-0.25, -0.2) is 0 Å². The van der Waals surface area contributed by atoms with Crippen LogP contribution < -0.4 is 4.90 Å². The molecule has 0 amide bonds. The molecule has 0 aliphatic carbocycles. The Kier molecular flexibility index (Phi) is 8.33. The molecular formula is C59H40N6. The van der Waals surface area contributed by atoms with Gasteiger partial charge in [0.15, 0.2) is 0 Å². The van der Waals surface area contributed by atoms with Crippen LogP contribution in [0.5, 0.6) is 0 Å². The van der Waals surface area contributed by atoms with Crippen molar-refractivity contribution in [2.45, 2.75) is 6.92 Å². The highest BCUT2D eigenvalue weighted by molar-refractivity contribution is 6.12. The number of rotatable bonds is 7. The minimum atomic E-state index is 1.08. The molecule has 5 heterocycles. The van der Waals surface area contributed by atoms with E-state index in [9.17, 15) is 0 Å². The molecule has 65 heavy (non-hydrogen) atoms. The lowest BCUT2D eigenvalue weighted by Crippen LogP contribution is -2.09. The summed E-state index contributed by atoms with van der Waals surface area (Å²) >= 11 is 0. The Morgan fingerprint density at radius 1 is 0.338 bits per heavy atom. The molecule has 0 aliphatic heterocycles. The fraction of sp³-hybridized carbons (Fsp3) is 0.0169. The first-order chi connectivity index (χ1) is 32.2. The summed E-state index contributed by atoms with van der Waals surface area (Å²) in [5.74, 6) is 0. The zero-order valence-electron chi connectivity index (χ0n) is 35.5. The van der Waals surface area contributed by atoms with E-state index in [2.05, 4.69) is 236 Å². The highest BCUT2D eigenvalue weighted by atomic mass is 15.1. The van der Waals surface area contributed by atoms with Crippen molar-refractivity contribution in [3.63, 3.8) is 0 Å². The van der Waals surface area contributed by atoms with Crippen LogP contribution in [0.15, 0.2) is 225 Å². The van der Waals surface area contributed by atoms with E-state index >= 15 is 0 Å². The van der Waals surface area contributed by atoms with Gasteiger partial charge in [-0.15, -0.1) is 0 Å². The van der Waals surface area contributed by atoms with E-state index < -0.39 is 0 Å². The Labute approximate surface area is 375 Å². The van der Waals surface area contributed by atoms with E-state index in [1.54, 1.807) is 0 Å². The van der Waals surface area contributed by atoms with Gasteiger partial charge in [0.25, 0.3) is 0 Å². The second-order valence-corrected chi connectivity index (χ2v) is 16.8. The van der Waals surface area contributed by atoms with Crippen LogP contribution in [-0.4, -0.2) is 23.7 Å². The number of fused-ring (bicyclic) bond motifs is 9. The number of para-hydroxylation sites is 5. The molecule has 0 unspecified atom stereocenters. The number of benzene rings is 8. The third kappa shape index (κ3) is 5.81. The first-order valence-corrected chi connectivity index (χ1v) is 22.0. The summed E-state index contributed by atoms with van der Waals surface area (Å²) in [4.78, 5) is 11.4. The maximum Gasteiger partial charge on any atom is 0.0571 e. The van der Waals surface area contributed by atoms with Crippen molar-refractivity contribution in [1.82, 2.24) is 23.7 Å². The lowest BCUT2D eigenvalue weighted by atomic mass is 10.0. The number of nitrogens with zero attached hydrogens (tertiary/aromatic N) is 6. The molecular weight excluding hydrogens is 793 g/mol. The van der Waals surface area contributed by atoms with Crippen LogP contribution >= 0.6 is 0 Å². The summed E-state index contributed by atoms with van der Waals surface area (Å²) in [6.07, 6.45) is 7.75. The quantitative estimate of drug-likeness (QED) is 0.161. The van der Waals surface area contributed by atoms with Crippen LogP contribution in [0.4, 0.5) is 17.1 Å². The molecule has 8 aromatic carbocycles. The Bertz CT molecular complexity index is 3690. The first-order valence-electron chi connectivity index (χ1n) is 22.0. The van der Waals surface area contributed by atoms with Gasteiger partial charge < -0.3 is 18.6 Å². The van der Waals surface area contributed by atoms with E-state index in [0.29, 0.717) is 0 Å². The zero-order valence-corrected chi connectivity index (χ0v) is 35.5. The normalized spacial score (nSPS) is 11.8. The summed E-state index contributed by atoms with van der Waals surface area (Å²) in [6.45, 7) is 2.24. The third-order valence-electron chi connectivity index (χ3n) is 13.1. The molecule has 13 aromatic rings. The van der Waals surface area contributed by atoms with Crippen LogP contribution in [0.3, 0.4) is 0 Å². The Hall–Kier alpha value is -8.74. The van der Waals surface area contributed by atoms with Gasteiger partial charge in [0.2, 0.25) is 0 Å². The van der Waals surface area contributed by atoms with E-state index in [-0.39, 0.29) is 0 Å². The van der Waals surface area contributed by atoms with Gasteiger partial charge in [0, 0.05) is 91.2 Å². The highest BCUT2D eigenvalue weighted by Crippen LogP contribution is 2.42. The van der Waals surface area contributed by atoms with E-state index in [1.165, 1.54) is 32.6 Å². The fourth-order valence-corrected chi connectivity index (χ4v) is 10.3. The number of aryl methyl sites for hydroxylation is 1. The minimum Gasteiger partial charge on any atom is -0.310 e. The van der Waals surface area contributed by atoms with E-state index in [1.807, 2.05) is 24.8 Å². The molecule has 6 nitrogen and oxygen atoms in total. The topological polar surface area (TPSA) is 43.8 Å². The molecule has 0 bridgehead atoms. The summed E-state index contributed by atoms with van der Waals surface area (Å²) < 4.78 is 7.21. The standard InChI is InChI=1S/C59H40N6/c1-39-32-40(24-26-53(39)65-56-23-13-8-18-47(56)50-36-44(25-27-57(50)65)62(42-14-4-2-5-15-42)43-16-6-3-7-17-43)41-33-45(63-54-21-11-9-19-48(54)51-37-60-30-28-58(51)63)35-46(34-41)64-55-22-12-10-20-49(55)52-38-61-31-29-59(52)64/h2-38H,1H3. The molecule has 0 spiro atoms. The molecule has 0 radical (unpaired) electrons. The van der Waals surface area contributed by atoms with Crippen molar-refractivity contribution >= 4 is 82.5 Å². The predicted molar refractivity (Wildman–Crippen MR) is 270 cm³/mol. The monoisotopic (exact) mass is 832 g/mol. The van der Waals surface area contributed by atoms with Crippen LogP contribution in [0.1, 0.15) is 5.56 Å². The number of aromatic nitrogens is 5.